The van der Waals surface area contributed by atoms with Gasteiger partial charge in [-0.25, -0.2) is 0 Å². The molecule has 7 nitrogen and oxygen atoms in total. The molecule has 0 spiro atoms. The van der Waals surface area contributed by atoms with E-state index in [1.165, 1.54) is 34.2 Å². The molecule has 0 saturated heterocycles. The number of benzene rings is 2. The number of carbonyl (C=O) groups is 2. The van der Waals surface area contributed by atoms with Crippen LogP contribution in [0.3, 0.4) is 0 Å². The molecule has 0 aliphatic carbocycles. The van der Waals surface area contributed by atoms with Gasteiger partial charge in [-0.15, -0.1) is 0 Å². The summed E-state index contributed by atoms with van der Waals surface area (Å²) in [5, 5.41) is 10.9. The third-order valence-corrected chi connectivity index (χ3v) is 5.62. The molecule has 1 heterocycles. The first-order chi connectivity index (χ1) is 14.4. The molecular formula is C23H27N3O4. The van der Waals surface area contributed by atoms with Crippen LogP contribution in [0.25, 0.3) is 0 Å². The topological polar surface area (TPSA) is 83.8 Å². The fraction of sp³-hybridized carbons (Fsp3) is 0.391. The van der Waals surface area contributed by atoms with Crippen molar-refractivity contribution in [2.45, 2.75) is 39.7 Å². The number of carbonyl (C=O) groups excluding carboxylic acids is 2. The number of aryl methyl sites for hydroxylation is 1. The fourth-order valence-electron chi connectivity index (χ4n) is 3.75. The summed E-state index contributed by atoms with van der Waals surface area (Å²) < 4.78 is 0. The van der Waals surface area contributed by atoms with Gasteiger partial charge in [0, 0.05) is 25.2 Å². The smallest absolute Gasteiger partial charge is 0.270 e. The highest BCUT2D eigenvalue weighted by atomic mass is 16.6. The normalized spacial score (nSPS) is 13.2. The Balaban J connectivity index is 1.47. The van der Waals surface area contributed by atoms with Gasteiger partial charge in [0.2, 0.25) is 0 Å². The number of hydrogen-bond donors (Lipinski definition) is 0. The number of nitrogens with zero attached hydrogens (tertiary/aromatic N) is 3. The van der Waals surface area contributed by atoms with Crippen molar-refractivity contribution >= 4 is 17.5 Å². The predicted octanol–water partition coefficient (Wildman–Crippen LogP) is 4.19. The van der Waals surface area contributed by atoms with E-state index in [1.807, 2.05) is 6.07 Å². The average molecular weight is 409 g/mol. The van der Waals surface area contributed by atoms with E-state index in [4.69, 9.17) is 0 Å². The van der Waals surface area contributed by atoms with Crippen molar-refractivity contribution in [3.05, 3.63) is 74.8 Å². The fourth-order valence-corrected chi connectivity index (χ4v) is 3.75. The van der Waals surface area contributed by atoms with E-state index in [-0.39, 0.29) is 22.7 Å². The summed E-state index contributed by atoms with van der Waals surface area (Å²) in [6.07, 6.45) is 2.60. The summed E-state index contributed by atoms with van der Waals surface area (Å²) in [5.41, 5.74) is 2.83. The zero-order valence-corrected chi connectivity index (χ0v) is 17.5. The van der Waals surface area contributed by atoms with Crippen LogP contribution in [0, 0.1) is 17.0 Å². The molecule has 0 bridgehead atoms. The molecule has 0 saturated carbocycles. The number of amides is 2. The minimum absolute atomic E-state index is 0.129. The Morgan fingerprint density at radius 3 is 2.43 bits per heavy atom. The van der Waals surface area contributed by atoms with E-state index >= 15 is 0 Å². The molecule has 7 heteroatoms. The first-order valence-electron chi connectivity index (χ1n) is 10.3. The van der Waals surface area contributed by atoms with Gasteiger partial charge in [0.25, 0.3) is 17.5 Å². The first kappa shape index (κ1) is 21.6. The molecule has 0 atom stereocenters. The number of nitro groups is 1. The molecule has 0 N–H and O–H groups in total. The summed E-state index contributed by atoms with van der Waals surface area (Å²) >= 11 is 0. The van der Waals surface area contributed by atoms with Crippen LogP contribution >= 0.6 is 0 Å². The molecule has 0 radical (unpaired) electrons. The number of unbranched alkanes of at least 4 members (excludes halogenated alkanes) is 2. The molecule has 2 amide bonds. The van der Waals surface area contributed by atoms with Crippen LogP contribution in [0.4, 0.5) is 5.69 Å². The second kappa shape index (κ2) is 9.63. The molecule has 0 fully saturated rings. The molecular weight excluding hydrogens is 382 g/mol. The largest absolute Gasteiger partial charge is 0.299 e. The van der Waals surface area contributed by atoms with E-state index in [0.717, 1.165) is 38.9 Å². The monoisotopic (exact) mass is 409 g/mol. The van der Waals surface area contributed by atoms with E-state index in [9.17, 15) is 19.7 Å². The molecule has 0 aromatic heterocycles. The Morgan fingerprint density at radius 1 is 1.00 bits per heavy atom. The van der Waals surface area contributed by atoms with Crippen molar-refractivity contribution in [2.75, 3.05) is 19.6 Å². The SMILES string of the molecule is CCN(CCCCCN1C(=O)c2ccc([N+](=O)[O-])cc2C1=O)Cc1ccccc1C. The predicted molar refractivity (Wildman–Crippen MR) is 114 cm³/mol. The molecule has 1 aliphatic heterocycles. The van der Waals surface area contributed by atoms with E-state index in [0.29, 0.717) is 6.54 Å². The first-order valence-corrected chi connectivity index (χ1v) is 10.3. The van der Waals surface area contributed by atoms with Gasteiger partial charge in [-0.2, -0.15) is 0 Å². The maximum atomic E-state index is 12.5. The minimum atomic E-state index is -0.558. The standard InChI is InChI=1S/C23H27N3O4/c1-3-24(16-18-10-6-5-9-17(18)2)13-7-4-8-14-25-22(27)20-12-11-19(26(29)30)15-21(20)23(25)28/h5-6,9-12,15H,3-4,7-8,13-14,16H2,1-2H3. The molecule has 2 aromatic rings. The van der Waals surface area contributed by atoms with Crippen LogP contribution in [0.15, 0.2) is 42.5 Å². The summed E-state index contributed by atoms with van der Waals surface area (Å²) in [7, 11) is 0. The second-order valence-corrected chi connectivity index (χ2v) is 7.60. The third-order valence-electron chi connectivity index (χ3n) is 5.62. The summed E-state index contributed by atoms with van der Waals surface area (Å²) in [5.74, 6) is -0.798. The van der Waals surface area contributed by atoms with Crippen molar-refractivity contribution in [2.24, 2.45) is 0 Å². The number of hydrogen-bond acceptors (Lipinski definition) is 5. The second-order valence-electron chi connectivity index (χ2n) is 7.60. The lowest BCUT2D eigenvalue weighted by Gasteiger charge is -2.21. The van der Waals surface area contributed by atoms with Crippen LogP contribution in [-0.4, -0.2) is 46.2 Å². The number of imide groups is 1. The highest BCUT2D eigenvalue weighted by molar-refractivity contribution is 6.21. The highest BCUT2D eigenvalue weighted by Gasteiger charge is 2.36. The number of rotatable bonds is 10. The summed E-state index contributed by atoms with van der Waals surface area (Å²) in [6.45, 7) is 7.45. The van der Waals surface area contributed by atoms with Crippen LogP contribution < -0.4 is 0 Å². The van der Waals surface area contributed by atoms with Gasteiger partial charge in [0.05, 0.1) is 16.1 Å². The van der Waals surface area contributed by atoms with Crippen molar-refractivity contribution in [3.63, 3.8) is 0 Å². The van der Waals surface area contributed by atoms with Gasteiger partial charge in [-0.1, -0.05) is 37.6 Å². The zero-order chi connectivity index (χ0) is 21.7. The lowest BCUT2D eigenvalue weighted by atomic mass is 10.1. The maximum Gasteiger partial charge on any atom is 0.270 e. The maximum absolute atomic E-state index is 12.5. The number of fused-ring (bicyclic) bond motifs is 1. The quantitative estimate of drug-likeness (QED) is 0.254. The van der Waals surface area contributed by atoms with Gasteiger partial charge in [0.15, 0.2) is 0 Å². The minimum Gasteiger partial charge on any atom is -0.299 e. The van der Waals surface area contributed by atoms with Gasteiger partial charge in [-0.05, 0) is 50.0 Å². The van der Waals surface area contributed by atoms with Gasteiger partial charge in [-0.3, -0.25) is 29.5 Å². The van der Waals surface area contributed by atoms with E-state index in [1.54, 1.807) is 0 Å². The van der Waals surface area contributed by atoms with Crippen LogP contribution in [-0.2, 0) is 6.54 Å². The van der Waals surface area contributed by atoms with Crippen molar-refractivity contribution in [3.8, 4) is 0 Å². The van der Waals surface area contributed by atoms with Gasteiger partial charge in [0.1, 0.15) is 0 Å². The molecule has 3 rings (SSSR count). The summed E-state index contributed by atoms with van der Waals surface area (Å²) in [4.78, 5) is 38.9. The molecule has 1 aliphatic rings. The lowest BCUT2D eigenvalue weighted by Crippen LogP contribution is -2.31. The molecule has 158 valence electrons. The molecule has 2 aromatic carbocycles. The van der Waals surface area contributed by atoms with Crippen LogP contribution in [0.1, 0.15) is 58.0 Å². The number of non-ortho nitro benzene ring substituents is 1. The Labute approximate surface area is 176 Å². The zero-order valence-electron chi connectivity index (χ0n) is 17.5. The Kier molecular flexibility index (Phi) is 6.95. The lowest BCUT2D eigenvalue weighted by molar-refractivity contribution is -0.384. The van der Waals surface area contributed by atoms with E-state index < -0.39 is 10.8 Å². The van der Waals surface area contributed by atoms with Gasteiger partial charge >= 0.3 is 0 Å². The van der Waals surface area contributed by atoms with Crippen molar-refractivity contribution in [1.82, 2.24) is 9.80 Å². The van der Waals surface area contributed by atoms with Crippen LogP contribution in [0.2, 0.25) is 0 Å². The number of nitro benzene ring substituents is 1. The Bertz CT molecular complexity index is 957. The Morgan fingerprint density at radius 2 is 1.73 bits per heavy atom. The average Bonchev–Trinajstić information content (AvgIpc) is 2.98. The third kappa shape index (κ3) is 4.74. The van der Waals surface area contributed by atoms with E-state index in [2.05, 4.69) is 36.9 Å². The Hall–Kier alpha value is -3.06. The molecule has 30 heavy (non-hydrogen) atoms. The van der Waals surface area contributed by atoms with Crippen molar-refractivity contribution < 1.29 is 14.5 Å². The molecule has 0 unspecified atom stereocenters. The van der Waals surface area contributed by atoms with Crippen LogP contribution in [0.5, 0.6) is 0 Å². The summed E-state index contributed by atoms with van der Waals surface area (Å²) in [6, 6.07) is 12.2. The van der Waals surface area contributed by atoms with Crippen molar-refractivity contribution in [1.29, 1.82) is 0 Å². The van der Waals surface area contributed by atoms with Gasteiger partial charge < -0.3 is 0 Å². The highest BCUT2D eigenvalue weighted by Crippen LogP contribution is 2.27.